The number of hydrogen-bond acceptors (Lipinski definition) is 18. The number of hydrogen-bond donors (Lipinski definition) is 4. The summed E-state index contributed by atoms with van der Waals surface area (Å²) in [5.74, 6) is -5.72. The molecule has 5 N–H and O–H groups in total. The SMILES string of the molecule is COC(=O)CCc1c(CCC(=O)OC)c2cc3[nH]c(cc4nc(cc5nc(cc1[nH]2)[C@@](C)(CC(N)=O)[C@]5(O)CCC(=O)OC)[C@@](C)(CC(=O)OC)[C@@H]4CCC(=O)OC)c(CC(=O)OC)c3CCC(=O)OC. The molecule has 0 spiro atoms. The van der Waals surface area contributed by atoms with Crippen LogP contribution >= 0.6 is 0 Å². The van der Waals surface area contributed by atoms with Crippen molar-refractivity contribution in [2.24, 2.45) is 5.73 Å². The molecule has 0 fully saturated rings. The van der Waals surface area contributed by atoms with E-state index in [1.807, 2.05) is 0 Å². The fourth-order valence-electron chi connectivity index (χ4n) is 9.71. The molecule has 2 aliphatic rings. The van der Waals surface area contributed by atoms with Gasteiger partial charge in [0, 0.05) is 83.3 Å². The highest BCUT2D eigenvalue weighted by Gasteiger charge is 2.56. The standard InChI is InChI=1S/C50H63N5O16/c1-48(26-47(63)71-9)31(13-17-44(60)68-6)36-22-34-30(20-46(62)70-8)29(12-16-43(59)67-5)33(52-34)21-32-27(10-14-41(57)65-3)28(11-15-42(58)66-4)35(53-32)23-38-49(2,25-40(51)56)50(64,19-18-45(61)69-7)39(55-38)24-37(48)54-36/h21-24,31,52-53,64H,10-20,25-26H2,1-9H3,(H2,51,56)/t31-,48+,49-,50+/m1/s1. The highest BCUT2D eigenvalue weighted by Crippen LogP contribution is 2.53. The number of aromatic amines is 2. The van der Waals surface area contributed by atoms with Crippen LogP contribution in [0.3, 0.4) is 0 Å². The molecule has 71 heavy (non-hydrogen) atoms. The number of amides is 1. The van der Waals surface area contributed by atoms with Gasteiger partial charge in [-0.15, -0.1) is 0 Å². The molecule has 2 aliphatic heterocycles. The Morgan fingerprint density at radius 1 is 0.535 bits per heavy atom. The highest BCUT2D eigenvalue weighted by molar-refractivity contribution is 5.85. The molecule has 4 atom stereocenters. The lowest BCUT2D eigenvalue weighted by Crippen LogP contribution is -2.46. The monoisotopic (exact) mass is 989 g/mol. The van der Waals surface area contributed by atoms with Crippen molar-refractivity contribution in [3.63, 3.8) is 0 Å². The lowest BCUT2D eigenvalue weighted by molar-refractivity contribution is -0.144. The smallest absolute Gasteiger partial charge is 0.310 e. The van der Waals surface area contributed by atoms with Crippen LogP contribution in [-0.4, -0.2) is 123 Å². The van der Waals surface area contributed by atoms with Gasteiger partial charge in [-0.1, -0.05) is 13.8 Å². The minimum atomic E-state index is -2.17. The number of esters is 7. The van der Waals surface area contributed by atoms with Crippen molar-refractivity contribution >= 4 is 69.8 Å². The second kappa shape index (κ2) is 23.2. The Morgan fingerprint density at radius 2 is 0.986 bits per heavy atom. The van der Waals surface area contributed by atoms with E-state index in [2.05, 4.69) is 9.97 Å². The highest BCUT2D eigenvalue weighted by atomic mass is 16.5. The fourth-order valence-corrected chi connectivity index (χ4v) is 9.71. The Kier molecular flexibility index (Phi) is 17.9. The van der Waals surface area contributed by atoms with Gasteiger partial charge >= 0.3 is 41.8 Å². The molecule has 3 aromatic rings. The summed E-state index contributed by atoms with van der Waals surface area (Å²) in [5.41, 5.74) is 4.83. The van der Waals surface area contributed by atoms with Crippen LogP contribution in [0, 0.1) is 0 Å². The summed E-state index contributed by atoms with van der Waals surface area (Å²) in [7, 11) is 8.64. The maximum atomic E-state index is 13.5. The molecule has 0 saturated heterocycles. The second-order valence-electron chi connectivity index (χ2n) is 17.9. The summed E-state index contributed by atoms with van der Waals surface area (Å²) in [5, 5.41) is 13.3. The van der Waals surface area contributed by atoms with Crippen molar-refractivity contribution in [3.8, 4) is 0 Å². The Balaban J connectivity index is 2.14. The van der Waals surface area contributed by atoms with Crippen LogP contribution in [0.25, 0.3) is 22.1 Å². The molecule has 0 aromatic carbocycles. The predicted molar refractivity (Wildman–Crippen MR) is 252 cm³/mol. The number of aromatic nitrogens is 4. The molecule has 384 valence electrons. The van der Waals surface area contributed by atoms with Crippen LogP contribution in [0.5, 0.6) is 0 Å². The van der Waals surface area contributed by atoms with E-state index < -0.39 is 76.5 Å². The van der Waals surface area contributed by atoms with E-state index >= 15 is 0 Å². The predicted octanol–water partition coefficient (Wildman–Crippen LogP) is 3.88. The third-order valence-corrected chi connectivity index (χ3v) is 13.8. The van der Waals surface area contributed by atoms with E-state index in [9.17, 15) is 43.5 Å². The zero-order chi connectivity index (χ0) is 52.4. The summed E-state index contributed by atoms with van der Waals surface area (Å²) in [6.07, 6.45) is -2.02. The number of carbonyl (C=O) groups excluding carboxylic acids is 8. The van der Waals surface area contributed by atoms with Gasteiger partial charge < -0.3 is 54.0 Å². The van der Waals surface area contributed by atoms with Crippen LogP contribution in [0.15, 0.2) is 24.3 Å². The number of aryl methyl sites for hydroxylation is 3. The fraction of sp³-hybridized carbons (Fsp3) is 0.520. The van der Waals surface area contributed by atoms with Crippen LogP contribution in [0.4, 0.5) is 0 Å². The molecular weight excluding hydrogens is 927 g/mol. The normalized spacial score (nSPS) is 19.3. The van der Waals surface area contributed by atoms with Crippen molar-refractivity contribution in [2.45, 2.75) is 120 Å². The molecule has 5 rings (SSSR count). The Hall–Kier alpha value is -7.16. The molecule has 0 aliphatic carbocycles. The second-order valence-corrected chi connectivity index (χ2v) is 17.9. The van der Waals surface area contributed by atoms with Crippen molar-refractivity contribution in [1.82, 2.24) is 19.9 Å². The van der Waals surface area contributed by atoms with Gasteiger partial charge in [-0.3, -0.25) is 48.3 Å². The number of fused-ring (bicyclic) bond motifs is 8. The first-order valence-electron chi connectivity index (χ1n) is 22.9. The summed E-state index contributed by atoms with van der Waals surface area (Å²) in [6, 6.07) is 6.48. The number of aliphatic hydroxyl groups is 1. The molecule has 8 bridgehead atoms. The number of H-pyrrole nitrogens is 2. The number of methoxy groups -OCH3 is 7. The summed E-state index contributed by atoms with van der Waals surface area (Å²) >= 11 is 0. The summed E-state index contributed by atoms with van der Waals surface area (Å²) in [4.78, 5) is 121. The topological polar surface area (TPSA) is 305 Å². The number of rotatable bonds is 21. The first kappa shape index (κ1) is 54.8. The molecule has 21 heteroatoms. The molecule has 3 aromatic heterocycles. The lowest BCUT2D eigenvalue weighted by atomic mass is 9.66. The van der Waals surface area contributed by atoms with Crippen molar-refractivity contribution < 1.29 is 76.6 Å². The van der Waals surface area contributed by atoms with Gasteiger partial charge in [0.25, 0.3) is 0 Å². The van der Waals surface area contributed by atoms with Gasteiger partial charge in [-0.2, -0.15) is 0 Å². The average Bonchev–Trinajstić information content (AvgIpc) is 3.98. The summed E-state index contributed by atoms with van der Waals surface area (Å²) in [6.45, 7) is 3.32. The van der Waals surface area contributed by atoms with E-state index in [-0.39, 0.29) is 94.1 Å². The number of ether oxygens (including phenoxy) is 7. The van der Waals surface area contributed by atoms with Gasteiger partial charge in [0.1, 0.15) is 5.60 Å². The van der Waals surface area contributed by atoms with E-state index in [0.29, 0.717) is 50.0 Å². The minimum Gasteiger partial charge on any atom is -0.469 e. The van der Waals surface area contributed by atoms with Crippen LogP contribution in [-0.2, 0) is 114 Å². The molecular formula is C50H63N5O16. The number of carbonyl (C=O) groups is 8. The molecule has 21 nitrogen and oxygen atoms in total. The van der Waals surface area contributed by atoms with Gasteiger partial charge in [-0.25, -0.2) is 0 Å². The third kappa shape index (κ3) is 11.9. The molecule has 1 amide bonds. The first-order chi connectivity index (χ1) is 33.6. The Bertz CT molecular complexity index is 2740. The van der Waals surface area contributed by atoms with Crippen molar-refractivity contribution in [2.75, 3.05) is 49.8 Å². The maximum Gasteiger partial charge on any atom is 0.310 e. The average molecular weight is 990 g/mol. The Labute approximate surface area is 409 Å². The van der Waals surface area contributed by atoms with Crippen molar-refractivity contribution in [1.29, 1.82) is 0 Å². The zero-order valence-corrected chi connectivity index (χ0v) is 41.6. The third-order valence-electron chi connectivity index (χ3n) is 13.8. The van der Waals surface area contributed by atoms with E-state index in [1.54, 1.807) is 32.0 Å². The quantitative estimate of drug-likeness (QED) is 0.0869. The number of nitrogens with two attached hydrogens (primary N) is 1. The first-order valence-corrected chi connectivity index (χ1v) is 22.9. The number of nitrogens with one attached hydrogen (secondary N) is 2. The van der Waals surface area contributed by atoms with E-state index in [0.717, 1.165) is 0 Å². The molecule has 0 unspecified atom stereocenters. The largest absolute Gasteiger partial charge is 0.469 e. The lowest BCUT2D eigenvalue weighted by Gasteiger charge is -2.39. The Morgan fingerprint density at radius 3 is 1.48 bits per heavy atom. The van der Waals surface area contributed by atoms with Crippen LogP contribution in [0.2, 0.25) is 0 Å². The zero-order valence-electron chi connectivity index (χ0n) is 41.6. The molecule has 0 radical (unpaired) electrons. The van der Waals surface area contributed by atoms with Gasteiger partial charge in [0.15, 0.2) is 0 Å². The molecule has 5 heterocycles. The van der Waals surface area contributed by atoms with E-state index in [4.69, 9.17) is 48.9 Å². The van der Waals surface area contributed by atoms with Gasteiger partial charge in [0.05, 0.1) is 79.4 Å². The van der Waals surface area contributed by atoms with Gasteiger partial charge in [-0.05, 0) is 78.6 Å². The van der Waals surface area contributed by atoms with Crippen molar-refractivity contribution in [3.05, 3.63) is 69.3 Å². The summed E-state index contributed by atoms with van der Waals surface area (Å²) < 4.78 is 35.4. The van der Waals surface area contributed by atoms with Crippen LogP contribution in [0.1, 0.15) is 123 Å². The van der Waals surface area contributed by atoms with E-state index in [1.165, 1.54) is 55.8 Å². The van der Waals surface area contributed by atoms with Crippen LogP contribution < -0.4 is 5.73 Å². The molecule has 0 saturated carbocycles. The maximum absolute atomic E-state index is 13.5. The number of primary amides is 1. The van der Waals surface area contributed by atoms with Gasteiger partial charge in [0.2, 0.25) is 5.91 Å². The number of nitrogens with zero attached hydrogens (tertiary/aromatic N) is 2. The minimum absolute atomic E-state index is 0.0506.